The van der Waals surface area contributed by atoms with Gasteiger partial charge in [-0.2, -0.15) is 0 Å². The van der Waals surface area contributed by atoms with E-state index in [2.05, 4.69) is 29.8 Å². The Kier molecular flexibility index (Phi) is 6.64. The molecule has 0 spiro atoms. The molecule has 1 aromatic rings. The van der Waals surface area contributed by atoms with Crippen LogP contribution >= 0.6 is 11.3 Å². The van der Waals surface area contributed by atoms with Gasteiger partial charge in [0.15, 0.2) is 6.29 Å². The van der Waals surface area contributed by atoms with Crippen molar-refractivity contribution in [1.29, 1.82) is 0 Å². The highest BCUT2D eigenvalue weighted by Gasteiger charge is 2.23. The predicted molar refractivity (Wildman–Crippen MR) is 67.8 cm³/mol. The molecule has 4 heteroatoms. The van der Waals surface area contributed by atoms with Gasteiger partial charge in [0, 0.05) is 18.1 Å². The average molecular weight is 243 g/mol. The van der Waals surface area contributed by atoms with Crippen molar-refractivity contribution < 1.29 is 9.47 Å². The lowest BCUT2D eigenvalue weighted by molar-refractivity contribution is -0.154. The van der Waals surface area contributed by atoms with Gasteiger partial charge in [-0.25, -0.2) is 0 Å². The van der Waals surface area contributed by atoms with Crippen molar-refractivity contribution in [3.8, 4) is 0 Å². The predicted octanol–water partition coefficient (Wildman–Crippen LogP) is 2.80. The highest BCUT2D eigenvalue weighted by atomic mass is 32.1. The molecule has 1 atom stereocenters. The smallest absolute Gasteiger partial charge is 0.177 e. The lowest BCUT2D eigenvalue weighted by atomic mass is 10.2. The molecule has 0 bridgehead atoms. The number of rotatable bonds is 8. The number of hydrogen-bond donors (Lipinski definition) is 1. The quantitative estimate of drug-likeness (QED) is 0.712. The zero-order chi connectivity index (χ0) is 11.8. The maximum Gasteiger partial charge on any atom is 0.177 e. The molecule has 0 radical (unpaired) electrons. The standard InChI is InChI=1S/C12H21NO2S/c1-4-13-11(10-8-7-9-16-10)12(14-5-2)15-6-3/h7-9,11-13H,4-6H2,1-3H3. The van der Waals surface area contributed by atoms with E-state index in [4.69, 9.17) is 9.47 Å². The van der Waals surface area contributed by atoms with E-state index in [1.807, 2.05) is 13.8 Å². The Morgan fingerprint density at radius 1 is 1.25 bits per heavy atom. The number of hydrogen-bond acceptors (Lipinski definition) is 4. The van der Waals surface area contributed by atoms with Gasteiger partial charge in [-0.15, -0.1) is 11.3 Å². The van der Waals surface area contributed by atoms with Crippen molar-refractivity contribution in [3.63, 3.8) is 0 Å². The number of likely N-dealkylation sites (N-methyl/N-ethyl adjacent to an activating group) is 1. The molecule has 3 nitrogen and oxygen atoms in total. The summed E-state index contributed by atoms with van der Waals surface area (Å²) in [5, 5.41) is 5.49. The van der Waals surface area contributed by atoms with Gasteiger partial charge in [-0.3, -0.25) is 0 Å². The number of ether oxygens (including phenoxy) is 2. The van der Waals surface area contributed by atoms with Crippen molar-refractivity contribution in [2.24, 2.45) is 0 Å². The largest absolute Gasteiger partial charge is 0.351 e. The van der Waals surface area contributed by atoms with E-state index in [1.165, 1.54) is 4.88 Å². The molecule has 1 unspecified atom stereocenters. The molecule has 0 aliphatic rings. The maximum atomic E-state index is 5.64. The minimum atomic E-state index is -0.200. The van der Waals surface area contributed by atoms with Crippen molar-refractivity contribution >= 4 is 11.3 Å². The van der Waals surface area contributed by atoms with E-state index >= 15 is 0 Å². The molecular formula is C12H21NO2S. The average Bonchev–Trinajstić information content (AvgIpc) is 2.79. The topological polar surface area (TPSA) is 30.5 Å². The van der Waals surface area contributed by atoms with Crippen LogP contribution in [0.4, 0.5) is 0 Å². The Morgan fingerprint density at radius 3 is 2.38 bits per heavy atom. The first-order chi connectivity index (χ1) is 7.83. The molecule has 0 aromatic carbocycles. The van der Waals surface area contributed by atoms with Crippen LogP contribution in [-0.4, -0.2) is 26.0 Å². The normalized spacial score (nSPS) is 13.2. The highest BCUT2D eigenvalue weighted by Crippen LogP contribution is 2.24. The SMILES string of the molecule is CCNC(c1cccs1)C(OCC)OCC. The second-order valence-electron chi connectivity index (χ2n) is 3.33. The van der Waals surface area contributed by atoms with Crippen LogP contribution in [0.25, 0.3) is 0 Å². The number of thiophene rings is 1. The van der Waals surface area contributed by atoms with Crippen molar-refractivity contribution in [2.75, 3.05) is 19.8 Å². The molecule has 1 aromatic heterocycles. The second kappa shape index (κ2) is 7.79. The van der Waals surface area contributed by atoms with Crippen molar-refractivity contribution in [2.45, 2.75) is 33.1 Å². The molecule has 0 amide bonds. The summed E-state index contributed by atoms with van der Waals surface area (Å²) in [6.07, 6.45) is -0.200. The van der Waals surface area contributed by atoms with Crippen LogP contribution in [0, 0.1) is 0 Å². The number of nitrogens with one attached hydrogen (secondary N) is 1. The first-order valence-electron chi connectivity index (χ1n) is 5.83. The summed E-state index contributed by atoms with van der Waals surface area (Å²) in [6.45, 7) is 8.30. The minimum Gasteiger partial charge on any atom is -0.351 e. The van der Waals surface area contributed by atoms with Gasteiger partial charge < -0.3 is 14.8 Å². The second-order valence-corrected chi connectivity index (χ2v) is 4.31. The van der Waals surface area contributed by atoms with E-state index in [1.54, 1.807) is 11.3 Å². The molecule has 0 saturated carbocycles. The van der Waals surface area contributed by atoms with Crippen molar-refractivity contribution in [3.05, 3.63) is 22.4 Å². The van der Waals surface area contributed by atoms with Crippen LogP contribution in [0.5, 0.6) is 0 Å². The fraction of sp³-hybridized carbons (Fsp3) is 0.667. The lowest BCUT2D eigenvalue weighted by Crippen LogP contribution is -2.35. The van der Waals surface area contributed by atoms with Gasteiger partial charge >= 0.3 is 0 Å². The Hall–Kier alpha value is -0.420. The molecule has 0 aliphatic carbocycles. The first-order valence-corrected chi connectivity index (χ1v) is 6.71. The Balaban J connectivity index is 2.72. The molecule has 0 saturated heterocycles. The van der Waals surface area contributed by atoms with Gasteiger partial charge in [0.05, 0.1) is 6.04 Å². The fourth-order valence-corrected chi connectivity index (χ4v) is 2.40. The molecule has 1 rings (SSSR count). The summed E-state index contributed by atoms with van der Waals surface area (Å²) in [6, 6.07) is 4.30. The fourth-order valence-electron chi connectivity index (χ4n) is 1.59. The summed E-state index contributed by atoms with van der Waals surface area (Å²) < 4.78 is 11.3. The zero-order valence-corrected chi connectivity index (χ0v) is 11.0. The molecule has 0 fully saturated rings. The third-order valence-corrected chi connectivity index (χ3v) is 3.16. The zero-order valence-electron chi connectivity index (χ0n) is 10.2. The summed E-state index contributed by atoms with van der Waals surface area (Å²) in [4.78, 5) is 1.26. The first kappa shape index (κ1) is 13.6. The van der Waals surface area contributed by atoms with E-state index in [9.17, 15) is 0 Å². The molecular weight excluding hydrogens is 222 g/mol. The van der Waals surface area contributed by atoms with E-state index < -0.39 is 0 Å². The Bertz CT molecular complexity index is 258. The Morgan fingerprint density at radius 2 is 1.94 bits per heavy atom. The molecule has 92 valence electrons. The van der Waals surface area contributed by atoms with Gasteiger partial charge in [0.2, 0.25) is 0 Å². The minimum absolute atomic E-state index is 0.130. The van der Waals surface area contributed by atoms with Crippen LogP contribution in [0.3, 0.4) is 0 Å². The highest BCUT2D eigenvalue weighted by molar-refractivity contribution is 7.10. The monoisotopic (exact) mass is 243 g/mol. The van der Waals surface area contributed by atoms with Crippen molar-refractivity contribution in [1.82, 2.24) is 5.32 Å². The van der Waals surface area contributed by atoms with E-state index in [0.29, 0.717) is 13.2 Å². The molecule has 16 heavy (non-hydrogen) atoms. The Labute approximate surface area is 102 Å². The van der Waals surface area contributed by atoms with Gasteiger partial charge in [-0.05, 0) is 31.8 Å². The lowest BCUT2D eigenvalue weighted by Gasteiger charge is -2.26. The van der Waals surface area contributed by atoms with E-state index in [0.717, 1.165) is 6.54 Å². The van der Waals surface area contributed by atoms with Gasteiger partial charge in [-0.1, -0.05) is 13.0 Å². The molecule has 1 N–H and O–H groups in total. The summed E-state index contributed by atoms with van der Waals surface area (Å²) in [5.41, 5.74) is 0. The third-order valence-electron chi connectivity index (χ3n) is 2.21. The molecule has 0 aliphatic heterocycles. The van der Waals surface area contributed by atoms with Crippen LogP contribution in [-0.2, 0) is 9.47 Å². The van der Waals surface area contributed by atoms with E-state index in [-0.39, 0.29) is 12.3 Å². The third kappa shape index (κ3) is 3.87. The maximum absolute atomic E-state index is 5.64. The summed E-state index contributed by atoms with van der Waals surface area (Å²) in [7, 11) is 0. The van der Waals surface area contributed by atoms with Crippen LogP contribution in [0.1, 0.15) is 31.7 Å². The van der Waals surface area contributed by atoms with Gasteiger partial charge in [0.1, 0.15) is 0 Å². The van der Waals surface area contributed by atoms with Gasteiger partial charge in [0.25, 0.3) is 0 Å². The summed E-state index contributed by atoms with van der Waals surface area (Å²) in [5.74, 6) is 0. The summed E-state index contributed by atoms with van der Waals surface area (Å²) >= 11 is 1.73. The molecule has 1 heterocycles. The van der Waals surface area contributed by atoms with Crippen LogP contribution < -0.4 is 5.32 Å². The van der Waals surface area contributed by atoms with Crippen LogP contribution in [0.15, 0.2) is 17.5 Å². The van der Waals surface area contributed by atoms with Crippen LogP contribution in [0.2, 0.25) is 0 Å².